The van der Waals surface area contributed by atoms with E-state index < -0.39 is 0 Å². The Morgan fingerprint density at radius 2 is 1.94 bits per heavy atom. The largest absolute Gasteiger partial charge is 0.338 e. The average molecular weight is 267 g/mol. The maximum absolute atomic E-state index is 12.4. The number of nitrogens with two attached hydrogens (primary N) is 1. The van der Waals surface area contributed by atoms with E-state index in [0.717, 1.165) is 41.3 Å². The lowest BCUT2D eigenvalue weighted by Crippen LogP contribution is -2.41. The van der Waals surface area contributed by atoms with E-state index in [0.29, 0.717) is 12.1 Å². The van der Waals surface area contributed by atoms with Gasteiger partial charge in [0.05, 0.1) is 10.7 Å². The molecule has 18 heavy (non-hydrogen) atoms. The van der Waals surface area contributed by atoms with Crippen LogP contribution < -0.4 is 5.73 Å². The van der Waals surface area contributed by atoms with Gasteiger partial charge >= 0.3 is 0 Å². The zero-order valence-corrected chi connectivity index (χ0v) is 12.1. The van der Waals surface area contributed by atoms with Crippen LogP contribution in [0.15, 0.2) is 0 Å². The van der Waals surface area contributed by atoms with Crippen molar-refractivity contribution in [3.05, 3.63) is 15.6 Å². The Balaban J connectivity index is 2.07. The Hall–Kier alpha value is -0.940. The number of carbonyl (C=O) groups excluding carboxylic acids is 1. The second kappa shape index (κ2) is 5.36. The number of hydrogen-bond acceptors (Lipinski definition) is 4. The normalized spacial score (nSPS) is 24.0. The molecule has 0 bridgehead atoms. The van der Waals surface area contributed by atoms with Gasteiger partial charge in [-0.25, -0.2) is 4.98 Å². The van der Waals surface area contributed by atoms with E-state index in [4.69, 9.17) is 5.73 Å². The predicted molar refractivity (Wildman–Crippen MR) is 73.9 cm³/mol. The number of aryl methyl sites for hydroxylation is 2. The Labute approximate surface area is 112 Å². The highest BCUT2D eigenvalue weighted by Crippen LogP contribution is 2.25. The quantitative estimate of drug-likeness (QED) is 0.892. The molecule has 1 aromatic rings. The van der Waals surface area contributed by atoms with Crippen LogP contribution in [-0.4, -0.2) is 34.9 Å². The van der Waals surface area contributed by atoms with Gasteiger partial charge in [-0.1, -0.05) is 0 Å². The van der Waals surface area contributed by atoms with E-state index in [1.54, 1.807) is 0 Å². The molecule has 2 rings (SSSR count). The van der Waals surface area contributed by atoms with Crippen LogP contribution in [0.25, 0.3) is 0 Å². The summed E-state index contributed by atoms with van der Waals surface area (Å²) in [4.78, 5) is 19.4. The Morgan fingerprint density at radius 3 is 2.44 bits per heavy atom. The minimum atomic E-state index is 0.110. The van der Waals surface area contributed by atoms with Crippen LogP contribution in [0.5, 0.6) is 0 Å². The lowest BCUT2D eigenvalue weighted by molar-refractivity contribution is 0.0694. The van der Waals surface area contributed by atoms with Gasteiger partial charge in [0.25, 0.3) is 5.91 Å². The van der Waals surface area contributed by atoms with Crippen molar-refractivity contribution in [2.75, 3.05) is 7.05 Å². The van der Waals surface area contributed by atoms with Gasteiger partial charge in [-0.2, -0.15) is 0 Å². The van der Waals surface area contributed by atoms with Crippen molar-refractivity contribution in [1.29, 1.82) is 0 Å². The Morgan fingerprint density at radius 1 is 1.33 bits per heavy atom. The van der Waals surface area contributed by atoms with Crippen molar-refractivity contribution in [1.82, 2.24) is 9.88 Å². The number of aromatic nitrogens is 1. The first-order valence-electron chi connectivity index (χ1n) is 6.45. The van der Waals surface area contributed by atoms with Gasteiger partial charge in [0.1, 0.15) is 4.88 Å². The van der Waals surface area contributed by atoms with Crippen molar-refractivity contribution in [2.24, 2.45) is 5.73 Å². The molecule has 0 saturated heterocycles. The molecule has 1 aromatic heterocycles. The van der Waals surface area contributed by atoms with E-state index in [-0.39, 0.29) is 5.91 Å². The highest BCUT2D eigenvalue weighted by Gasteiger charge is 2.27. The van der Waals surface area contributed by atoms with Crippen molar-refractivity contribution in [3.63, 3.8) is 0 Å². The summed E-state index contributed by atoms with van der Waals surface area (Å²) in [6.07, 6.45) is 4.06. The first-order valence-corrected chi connectivity index (χ1v) is 7.27. The molecule has 1 saturated carbocycles. The summed E-state index contributed by atoms with van der Waals surface area (Å²) in [6.45, 7) is 3.84. The minimum absolute atomic E-state index is 0.110. The van der Waals surface area contributed by atoms with Gasteiger partial charge < -0.3 is 10.6 Å². The van der Waals surface area contributed by atoms with Gasteiger partial charge in [-0.05, 0) is 39.5 Å². The second-order valence-electron chi connectivity index (χ2n) is 5.13. The van der Waals surface area contributed by atoms with Crippen LogP contribution in [0.3, 0.4) is 0 Å². The second-order valence-corrected chi connectivity index (χ2v) is 6.34. The number of hydrogen-bond donors (Lipinski definition) is 1. The molecule has 100 valence electrons. The van der Waals surface area contributed by atoms with E-state index in [1.165, 1.54) is 11.3 Å². The zero-order valence-electron chi connectivity index (χ0n) is 11.3. The van der Waals surface area contributed by atoms with Crippen molar-refractivity contribution in [3.8, 4) is 0 Å². The molecule has 0 spiro atoms. The van der Waals surface area contributed by atoms with Gasteiger partial charge in [0.2, 0.25) is 0 Å². The number of thiazole rings is 1. The molecule has 1 aliphatic carbocycles. The lowest BCUT2D eigenvalue weighted by Gasteiger charge is -2.33. The van der Waals surface area contributed by atoms with Crippen LogP contribution >= 0.6 is 11.3 Å². The fourth-order valence-corrected chi connectivity index (χ4v) is 3.45. The molecule has 0 atom stereocenters. The standard InChI is InChI=1S/C13H21N3OS/c1-8-12(18-9(2)15-8)13(17)16(3)11-6-4-10(14)5-7-11/h10-11H,4-7,14H2,1-3H3. The molecule has 1 heterocycles. The SMILES string of the molecule is Cc1nc(C)c(C(=O)N(C)C2CCC(N)CC2)s1. The summed E-state index contributed by atoms with van der Waals surface area (Å²) >= 11 is 1.49. The third kappa shape index (κ3) is 2.72. The summed E-state index contributed by atoms with van der Waals surface area (Å²) in [5.41, 5.74) is 6.75. The number of amides is 1. The van der Waals surface area contributed by atoms with Crippen LogP contribution in [0, 0.1) is 13.8 Å². The fourth-order valence-electron chi connectivity index (χ4n) is 2.54. The van der Waals surface area contributed by atoms with Gasteiger partial charge in [-0.15, -0.1) is 11.3 Å². The Kier molecular flexibility index (Phi) is 4.02. The first-order chi connectivity index (χ1) is 8.49. The maximum Gasteiger partial charge on any atom is 0.265 e. The monoisotopic (exact) mass is 267 g/mol. The summed E-state index contributed by atoms with van der Waals surface area (Å²) in [5.74, 6) is 0.110. The molecule has 4 nitrogen and oxygen atoms in total. The van der Waals surface area contributed by atoms with Gasteiger partial charge in [0, 0.05) is 19.1 Å². The number of rotatable bonds is 2. The number of carbonyl (C=O) groups is 1. The minimum Gasteiger partial charge on any atom is -0.338 e. The van der Waals surface area contributed by atoms with E-state index in [9.17, 15) is 4.79 Å². The predicted octanol–water partition coefficient (Wildman–Crippen LogP) is 2.10. The highest BCUT2D eigenvalue weighted by atomic mass is 32.1. The van der Waals surface area contributed by atoms with Gasteiger partial charge in [0.15, 0.2) is 0 Å². The Bertz CT molecular complexity index is 435. The lowest BCUT2D eigenvalue weighted by atomic mass is 9.91. The van der Waals surface area contributed by atoms with Crippen LogP contribution in [0.4, 0.5) is 0 Å². The van der Waals surface area contributed by atoms with Crippen LogP contribution in [0.1, 0.15) is 46.1 Å². The van der Waals surface area contributed by atoms with Crippen LogP contribution in [-0.2, 0) is 0 Å². The molecular formula is C13H21N3OS. The van der Waals surface area contributed by atoms with Crippen molar-refractivity contribution >= 4 is 17.2 Å². The third-order valence-corrected chi connectivity index (χ3v) is 4.77. The smallest absolute Gasteiger partial charge is 0.265 e. The summed E-state index contributed by atoms with van der Waals surface area (Å²) in [6, 6.07) is 0.649. The van der Waals surface area contributed by atoms with Gasteiger partial charge in [-0.3, -0.25) is 4.79 Å². The molecule has 0 radical (unpaired) electrons. The molecule has 1 aliphatic rings. The van der Waals surface area contributed by atoms with Crippen molar-refractivity contribution in [2.45, 2.75) is 51.6 Å². The molecule has 0 aromatic carbocycles. The molecular weight excluding hydrogens is 246 g/mol. The molecule has 2 N–H and O–H groups in total. The topological polar surface area (TPSA) is 59.2 Å². The summed E-state index contributed by atoms with van der Waals surface area (Å²) in [7, 11) is 1.90. The first kappa shape index (κ1) is 13.5. The van der Waals surface area contributed by atoms with Crippen LogP contribution in [0.2, 0.25) is 0 Å². The third-order valence-electron chi connectivity index (χ3n) is 3.71. The molecule has 5 heteroatoms. The maximum atomic E-state index is 12.4. The van der Waals surface area contributed by atoms with E-state index >= 15 is 0 Å². The van der Waals surface area contributed by atoms with E-state index in [1.807, 2.05) is 25.8 Å². The summed E-state index contributed by atoms with van der Waals surface area (Å²) < 4.78 is 0. The molecule has 0 unspecified atom stereocenters. The molecule has 1 amide bonds. The summed E-state index contributed by atoms with van der Waals surface area (Å²) in [5, 5.41) is 0.954. The average Bonchev–Trinajstić information content (AvgIpc) is 2.67. The zero-order chi connectivity index (χ0) is 13.3. The van der Waals surface area contributed by atoms with E-state index in [2.05, 4.69) is 4.98 Å². The fraction of sp³-hybridized carbons (Fsp3) is 0.692. The highest BCUT2D eigenvalue weighted by molar-refractivity contribution is 7.13. The molecule has 0 aliphatic heterocycles. The number of nitrogens with zero attached hydrogens (tertiary/aromatic N) is 2. The molecule has 1 fully saturated rings. The van der Waals surface area contributed by atoms with Crippen molar-refractivity contribution < 1.29 is 4.79 Å².